The Morgan fingerprint density at radius 3 is 2.55 bits per heavy atom. The first-order valence-electron chi connectivity index (χ1n) is 10.7. The topological polar surface area (TPSA) is 99.6 Å². The number of aromatic nitrogens is 1. The molecule has 0 unspecified atom stereocenters. The van der Waals surface area contributed by atoms with Crippen molar-refractivity contribution in [3.05, 3.63) is 90.2 Å². The lowest BCUT2D eigenvalue weighted by Crippen LogP contribution is -2.64. The van der Waals surface area contributed by atoms with Gasteiger partial charge in [-0.2, -0.15) is 0 Å². The molecular formula is C25H23N3O4S. The number of carbonyl (C=O) groups excluding carboxylic acids is 1. The molecule has 8 heteroatoms. The number of fused-ring (bicyclic) bond motifs is 1. The fourth-order valence-corrected chi connectivity index (χ4v) is 5.53. The molecule has 1 aromatic heterocycles. The average molecular weight is 462 g/mol. The van der Waals surface area contributed by atoms with Gasteiger partial charge in [-0.25, -0.2) is 8.42 Å². The lowest BCUT2D eigenvalue weighted by molar-refractivity contribution is -0.0557. The van der Waals surface area contributed by atoms with E-state index in [1.54, 1.807) is 59.6 Å². The summed E-state index contributed by atoms with van der Waals surface area (Å²) in [4.78, 5) is 18.7. The maximum atomic E-state index is 13.0. The van der Waals surface area contributed by atoms with E-state index >= 15 is 0 Å². The highest BCUT2D eigenvalue weighted by atomic mass is 32.2. The number of pyridine rings is 1. The van der Waals surface area contributed by atoms with E-state index in [4.69, 9.17) is 0 Å². The van der Waals surface area contributed by atoms with Gasteiger partial charge in [0.1, 0.15) is 10.5 Å². The van der Waals surface area contributed by atoms with Crippen LogP contribution in [0.3, 0.4) is 0 Å². The van der Waals surface area contributed by atoms with Crippen molar-refractivity contribution in [1.29, 1.82) is 0 Å². The molecule has 0 saturated carbocycles. The van der Waals surface area contributed by atoms with Crippen LogP contribution < -0.4 is 4.72 Å². The minimum Gasteiger partial charge on any atom is -0.382 e. The Morgan fingerprint density at radius 1 is 1.06 bits per heavy atom. The van der Waals surface area contributed by atoms with Crippen molar-refractivity contribution in [2.24, 2.45) is 0 Å². The highest BCUT2D eigenvalue weighted by molar-refractivity contribution is 7.93. The number of benzene rings is 2. The number of para-hydroxylation sites is 1. The molecular weight excluding hydrogens is 438 g/mol. The van der Waals surface area contributed by atoms with Gasteiger partial charge < -0.3 is 10.0 Å². The van der Waals surface area contributed by atoms with Gasteiger partial charge in [0.25, 0.3) is 15.9 Å². The number of nitrogens with zero attached hydrogens (tertiary/aromatic N) is 2. The van der Waals surface area contributed by atoms with Crippen LogP contribution in [0.25, 0.3) is 10.9 Å². The van der Waals surface area contributed by atoms with Gasteiger partial charge in [-0.05, 0) is 54.8 Å². The van der Waals surface area contributed by atoms with Crippen LogP contribution in [0.1, 0.15) is 23.2 Å². The summed E-state index contributed by atoms with van der Waals surface area (Å²) in [5.74, 6) is -0.195. The second kappa shape index (κ2) is 8.13. The summed E-state index contributed by atoms with van der Waals surface area (Å²) >= 11 is 0. The van der Waals surface area contributed by atoms with Crippen molar-refractivity contribution < 1.29 is 18.3 Å². The number of carbonyl (C=O) groups is 1. The van der Waals surface area contributed by atoms with Crippen LogP contribution >= 0.6 is 0 Å². The molecule has 1 amide bonds. The molecule has 1 aliphatic heterocycles. The first-order chi connectivity index (χ1) is 15.9. The highest BCUT2D eigenvalue weighted by Crippen LogP contribution is 2.34. The zero-order valence-electron chi connectivity index (χ0n) is 17.8. The van der Waals surface area contributed by atoms with Crippen LogP contribution in [0.5, 0.6) is 0 Å². The summed E-state index contributed by atoms with van der Waals surface area (Å²) in [6.07, 6.45) is 9.18. The number of hydrogen-bond donors (Lipinski definition) is 2. The fourth-order valence-electron chi connectivity index (χ4n) is 4.29. The monoisotopic (exact) mass is 461 g/mol. The molecule has 7 nitrogen and oxygen atoms in total. The Balaban J connectivity index is 1.28. The first kappa shape index (κ1) is 21.4. The number of hydrogen-bond acceptors (Lipinski definition) is 5. The molecule has 0 radical (unpaired) electrons. The predicted molar refractivity (Wildman–Crippen MR) is 126 cm³/mol. The lowest BCUT2D eigenvalue weighted by atomic mass is 9.81. The summed E-state index contributed by atoms with van der Waals surface area (Å²) in [6.45, 7) is 0.516. The van der Waals surface area contributed by atoms with Gasteiger partial charge >= 0.3 is 0 Å². The van der Waals surface area contributed by atoms with Gasteiger partial charge in [-0.15, -0.1) is 0 Å². The van der Waals surface area contributed by atoms with Crippen molar-refractivity contribution in [2.75, 3.05) is 17.8 Å². The molecule has 0 bridgehead atoms. The second-order valence-corrected chi connectivity index (χ2v) is 10.0. The molecule has 0 atom stereocenters. The Bertz CT molecular complexity index is 1380. The van der Waals surface area contributed by atoms with Gasteiger partial charge in [0.2, 0.25) is 0 Å². The van der Waals surface area contributed by atoms with Crippen molar-refractivity contribution in [3.8, 4) is 0 Å². The molecule has 1 fully saturated rings. The zero-order valence-corrected chi connectivity index (χ0v) is 18.6. The molecule has 168 valence electrons. The summed E-state index contributed by atoms with van der Waals surface area (Å²) in [5.41, 5.74) is 1.18. The molecule has 5 rings (SSSR count). The maximum absolute atomic E-state index is 13.0. The van der Waals surface area contributed by atoms with Gasteiger partial charge in [0.05, 0.1) is 18.6 Å². The fraction of sp³-hybridized carbons (Fsp3) is 0.200. The van der Waals surface area contributed by atoms with Gasteiger partial charge in [0, 0.05) is 22.8 Å². The summed E-state index contributed by atoms with van der Waals surface area (Å²) < 4.78 is 28.5. The lowest BCUT2D eigenvalue weighted by Gasteiger charge is -2.48. The number of aliphatic hydroxyl groups is 1. The Kier molecular flexibility index (Phi) is 5.26. The van der Waals surface area contributed by atoms with Crippen molar-refractivity contribution in [1.82, 2.24) is 9.88 Å². The smallest absolute Gasteiger partial charge is 0.264 e. The van der Waals surface area contributed by atoms with Crippen LogP contribution in [0.2, 0.25) is 0 Å². The number of anilines is 1. The number of amides is 1. The number of likely N-dealkylation sites (tertiary alicyclic amines) is 1. The largest absolute Gasteiger partial charge is 0.382 e. The van der Waals surface area contributed by atoms with Crippen LogP contribution in [-0.2, 0) is 10.0 Å². The van der Waals surface area contributed by atoms with Crippen LogP contribution in [0.4, 0.5) is 5.69 Å². The minimum atomic E-state index is -3.86. The third-order valence-corrected chi connectivity index (χ3v) is 7.49. The molecule has 1 aliphatic carbocycles. The average Bonchev–Trinajstić information content (AvgIpc) is 2.82. The minimum absolute atomic E-state index is 0.0903. The van der Waals surface area contributed by atoms with Crippen molar-refractivity contribution in [3.63, 3.8) is 0 Å². The van der Waals surface area contributed by atoms with E-state index in [1.165, 1.54) is 6.07 Å². The zero-order chi connectivity index (χ0) is 23.1. The summed E-state index contributed by atoms with van der Waals surface area (Å²) in [7, 11) is -3.86. The van der Waals surface area contributed by atoms with E-state index in [0.717, 1.165) is 23.8 Å². The van der Waals surface area contributed by atoms with E-state index < -0.39 is 15.6 Å². The normalized spacial score (nSPS) is 17.4. The quantitative estimate of drug-likeness (QED) is 0.606. The van der Waals surface area contributed by atoms with Crippen LogP contribution in [0, 0.1) is 0 Å². The number of allylic oxidation sites excluding steroid dienone is 3. The molecule has 2 aliphatic rings. The molecule has 2 aromatic carbocycles. The molecule has 33 heavy (non-hydrogen) atoms. The molecule has 2 heterocycles. The van der Waals surface area contributed by atoms with E-state index in [-0.39, 0.29) is 23.9 Å². The second-order valence-electron chi connectivity index (χ2n) is 8.37. The van der Waals surface area contributed by atoms with E-state index in [9.17, 15) is 18.3 Å². The molecule has 2 N–H and O–H groups in total. The Morgan fingerprint density at radius 2 is 1.82 bits per heavy atom. The summed E-state index contributed by atoms with van der Waals surface area (Å²) in [5, 5.41) is 11.5. The SMILES string of the molecule is O=C(c1ccc(NS(=O)(=O)c2cccc3cccnc23)cc1)N1CC(O)(C2=CC=CCC2)C1. The van der Waals surface area contributed by atoms with Crippen LogP contribution in [0.15, 0.2) is 89.5 Å². The van der Waals surface area contributed by atoms with E-state index in [0.29, 0.717) is 16.8 Å². The van der Waals surface area contributed by atoms with Crippen molar-refractivity contribution in [2.45, 2.75) is 23.3 Å². The highest BCUT2D eigenvalue weighted by Gasteiger charge is 2.46. The number of β-amino-alcohol motifs (C(OH)–C–C–N with tert-alkyl or cyclic N) is 1. The van der Waals surface area contributed by atoms with E-state index in [1.807, 2.05) is 12.2 Å². The van der Waals surface area contributed by atoms with E-state index in [2.05, 4.69) is 15.8 Å². The predicted octanol–water partition coefficient (Wildman–Crippen LogP) is 3.50. The van der Waals surface area contributed by atoms with Gasteiger partial charge in [-0.3, -0.25) is 14.5 Å². The first-order valence-corrected chi connectivity index (χ1v) is 12.2. The Labute approximate surface area is 192 Å². The van der Waals surface area contributed by atoms with Crippen molar-refractivity contribution >= 4 is 32.5 Å². The molecule has 1 saturated heterocycles. The third-order valence-electron chi connectivity index (χ3n) is 6.07. The third kappa shape index (κ3) is 4.03. The number of sulfonamides is 1. The molecule has 3 aromatic rings. The van der Waals surface area contributed by atoms with Gasteiger partial charge in [-0.1, -0.05) is 36.4 Å². The van der Waals surface area contributed by atoms with Crippen LogP contribution in [-0.4, -0.2) is 48.0 Å². The van der Waals surface area contributed by atoms with Gasteiger partial charge in [0.15, 0.2) is 0 Å². The number of nitrogens with one attached hydrogen (secondary N) is 1. The standard InChI is InChI=1S/C25H23N3O4S/c29-24(28-16-25(30,17-28)20-8-2-1-3-9-20)19-11-13-21(14-12-19)27-33(31,32)22-10-4-6-18-7-5-15-26-23(18)22/h1-2,4-8,10-15,27,30H,3,9,16-17H2. The Hall–Kier alpha value is -3.49. The summed E-state index contributed by atoms with van der Waals surface area (Å²) in [6, 6.07) is 14.8. The maximum Gasteiger partial charge on any atom is 0.264 e. The number of rotatable bonds is 5. The molecule has 0 spiro atoms.